The first-order valence-electron chi connectivity index (χ1n) is 8.82. The first kappa shape index (κ1) is 18.4. The van der Waals surface area contributed by atoms with Gasteiger partial charge >= 0.3 is 0 Å². The van der Waals surface area contributed by atoms with Crippen LogP contribution in [-0.2, 0) is 17.9 Å². The summed E-state index contributed by atoms with van der Waals surface area (Å²) in [7, 11) is 0. The zero-order chi connectivity index (χ0) is 17.6. The van der Waals surface area contributed by atoms with Crippen LogP contribution in [0.4, 0.5) is 0 Å². The molecule has 1 fully saturated rings. The average Bonchev–Trinajstić information content (AvgIpc) is 3.01. The number of hydrogen-bond acceptors (Lipinski definition) is 2. The Kier molecular flexibility index (Phi) is 6.48. The molecule has 3 rings (SSSR count). The lowest BCUT2D eigenvalue weighted by Crippen LogP contribution is -3.28. The third kappa shape index (κ3) is 5.54. The van der Waals surface area contributed by atoms with E-state index in [2.05, 4.69) is 30.4 Å². The Labute approximate surface area is 158 Å². The number of amides is 1. The van der Waals surface area contributed by atoms with Gasteiger partial charge in [-0.1, -0.05) is 35.9 Å². The summed E-state index contributed by atoms with van der Waals surface area (Å²) in [6.45, 7) is 8.63. The summed E-state index contributed by atoms with van der Waals surface area (Å²) < 4.78 is 0.865. The highest BCUT2D eigenvalue weighted by molar-refractivity contribution is 7.16. The first-order valence-corrected chi connectivity index (χ1v) is 10.0. The molecule has 1 aliphatic heterocycles. The van der Waals surface area contributed by atoms with Gasteiger partial charge in [0, 0.05) is 6.54 Å². The largest absolute Gasteiger partial charge is 0.347 e. The molecule has 0 bridgehead atoms. The van der Waals surface area contributed by atoms with E-state index in [0.717, 1.165) is 37.1 Å². The Morgan fingerprint density at radius 3 is 2.52 bits per heavy atom. The zero-order valence-corrected chi connectivity index (χ0v) is 16.2. The summed E-state index contributed by atoms with van der Waals surface area (Å²) in [5, 5.41) is 3.06. The van der Waals surface area contributed by atoms with Crippen LogP contribution in [0.1, 0.15) is 16.0 Å². The molecular weight excluding hydrogens is 354 g/mol. The third-order valence-corrected chi connectivity index (χ3v) is 6.10. The molecule has 0 unspecified atom stereocenters. The summed E-state index contributed by atoms with van der Waals surface area (Å²) in [4.78, 5) is 16.5. The Morgan fingerprint density at radius 2 is 1.84 bits per heavy atom. The fraction of sp³-hybridized carbons (Fsp3) is 0.421. The van der Waals surface area contributed by atoms with Crippen molar-refractivity contribution in [2.24, 2.45) is 0 Å². The van der Waals surface area contributed by atoms with E-state index in [-0.39, 0.29) is 5.91 Å². The maximum Gasteiger partial charge on any atom is 0.275 e. The van der Waals surface area contributed by atoms with Crippen molar-refractivity contribution in [2.45, 2.75) is 20.0 Å². The normalized spacial score (nSPS) is 20.4. The molecule has 3 N–H and O–H groups in total. The summed E-state index contributed by atoms with van der Waals surface area (Å²) in [5.74, 6) is 0.145. The highest BCUT2D eigenvalue weighted by atomic mass is 35.5. The maximum atomic E-state index is 12.2. The van der Waals surface area contributed by atoms with Gasteiger partial charge in [0.2, 0.25) is 0 Å². The molecule has 1 aliphatic rings. The molecule has 25 heavy (non-hydrogen) atoms. The Bertz CT molecular complexity index is 710. The van der Waals surface area contributed by atoms with Crippen molar-refractivity contribution in [3.8, 4) is 0 Å². The lowest BCUT2D eigenvalue weighted by Gasteiger charge is -2.29. The van der Waals surface area contributed by atoms with Crippen molar-refractivity contribution in [3.63, 3.8) is 0 Å². The van der Waals surface area contributed by atoms with E-state index in [9.17, 15) is 4.79 Å². The second-order valence-corrected chi connectivity index (χ2v) is 8.56. The second-order valence-electron chi connectivity index (χ2n) is 6.76. The topological polar surface area (TPSA) is 38.0 Å². The fourth-order valence-corrected chi connectivity index (χ4v) is 4.45. The smallest absolute Gasteiger partial charge is 0.275 e. The number of halogens is 1. The van der Waals surface area contributed by atoms with Crippen molar-refractivity contribution in [1.29, 1.82) is 0 Å². The van der Waals surface area contributed by atoms with Gasteiger partial charge in [0.15, 0.2) is 6.54 Å². The minimum Gasteiger partial charge on any atom is -0.347 e. The van der Waals surface area contributed by atoms with Gasteiger partial charge in [-0.3, -0.25) is 4.79 Å². The Balaban J connectivity index is 1.38. The van der Waals surface area contributed by atoms with Crippen molar-refractivity contribution in [2.75, 3.05) is 32.7 Å². The van der Waals surface area contributed by atoms with Crippen LogP contribution in [0.5, 0.6) is 0 Å². The average molecular weight is 380 g/mol. The number of aryl methyl sites for hydroxylation is 1. The van der Waals surface area contributed by atoms with E-state index in [0.29, 0.717) is 13.1 Å². The van der Waals surface area contributed by atoms with Crippen LogP contribution in [-0.4, -0.2) is 38.6 Å². The van der Waals surface area contributed by atoms with E-state index in [1.54, 1.807) is 16.2 Å². The number of carbonyl (C=O) groups is 1. The number of nitrogens with one attached hydrogen (secondary N) is 3. The zero-order valence-electron chi connectivity index (χ0n) is 14.6. The van der Waals surface area contributed by atoms with Crippen molar-refractivity contribution < 1.29 is 14.6 Å². The van der Waals surface area contributed by atoms with Crippen LogP contribution in [0.15, 0.2) is 36.4 Å². The number of rotatable bonds is 6. The highest BCUT2D eigenvalue weighted by Crippen LogP contribution is 2.20. The number of thiophene rings is 1. The lowest BCUT2D eigenvalue weighted by molar-refractivity contribution is -1.01. The van der Waals surface area contributed by atoms with E-state index < -0.39 is 0 Å². The van der Waals surface area contributed by atoms with Crippen LogP contribution in [0, 0.1) is 6.92 Å². The van der Waals surface area contributed by atoms with E-state index in [1.807, 2.05) is 18.2 Å². The number of benzene rings is 1. The third-order valence-electron chi connectivity index (χ3n) is 4.87. The minimum atomic E-state index is 0.145. The van der Waals surface area contributed by atoms with Crippen LogP contribution in [0.25, 0.3) is 0 Å². The SMILES string of the molecule is Cc1ccccc1CNC(=O)C[NH+]1CC[NH+](Cc2ccc(Cl)s2)CC1. The molecular formula is C19H26ClN3OS+2. The van der Waals surface area contributed by atoms with E-state index in [1.165, 1.54) is 20.9 Å². The molecule has 0 radical (unpaired) electrons. The van der Waals surface area contributed by atoms with Gasteiger partial charge in [0.05, 0.1) is 9.21 Å². The fourth-order valence-electron chi connectivity index (χ4n) is 3.30. The number of piperazine rings is 1. The predicted octanol–water partition coefficient (Wildman–Crippen LogP) is 0.310. The standard InChI is InChI=1S/C19H24ClN3OS/c1-15-4-2-3-5-16(15)12-21-19(24)14-23-10-8-22(9-11-23)13-17-6-7-18(20)25-17/h2-7H,8-14H2,1H3,(H,21,24)/p+2. The van der Waals surface area contributed by atoms with E-state index >= 15 is 0 Å². The molecule has 1 aromatic heterocycles. The van der Waals surface area contributed by atoms with E-state index in [4.69, 9.17) is 11.6 Å². The molecule has 1 aromatic carbocycles. The van der Waals surface area contributed by atoms with Gasteiger partial charge in [-0.15, -0.1) is 11.3 Å². The molecule has 0 atom stereocenters. The van der Waals surface area contributed by atoms with Gasteiger partial charge in [0.1, 0.15) is 32.7 Å². The number of quaternary nitrogens is 2. The lowest BCUT2D eigenvalue weighted by atomic mass is 10.1. The van der Waals surface area contributed by atoms with Crippen LogP contribution >= 0.6 is 22.9 Å². The number of hydrogen-bond donors (Lipinski definition) is 3. The highest BCUT2D eigenvalue weighted by Gasteiger charge is 2.25. The molecule has 1 saturated heterocycles. The molecule has 1 amide bonds. The Morgan fingerprint density at radius 1 is 1.12 bits per heavy atom. The van der Waals surface area contributed by atoms with Gasteiger partial charge in [-0.2, -0.15) is 0 Å². The molecule has 2 aromatic rings. The van der Waals surface area contributed by atoms with Crippen LogP contribution < -0.4 is 15.1 Å². The van der Waals surface area contributed by atoms with Crippen molar-refractivity contribution in [3.05, 3.63) is 56.7 Å². The molecule has 0 spiro atoms. The van der Waals surface area contributed by atoms with Gasteiger partial charge in [-0.05, 0) is 30.2 Å². The summed E-state index contributed by atoms with van der Waals surface area (Å²) >= 11 is 7.68. The van der Waals surface area contributed by atoms with Crippen molar-refractivity contribution >= 4 is 28.8 Å². The Hall–Kier alpha value is -1.40. The minimum absolute atomic E-state index is 0.145. The van der Waals surface area contributed by atoms with Crippen LogP contribution in [0.3, 0.4) is 0 Å². The van der Waals surface area contributed by atoms with Gasteiger partial charge < -0.3 is 15.1 Å². The molecule has 2 heterocycles. The molecule has 4 nitrogen and oxygen atoms in total. The second kappa shape index (κ2) is 8.81. The van der Waals surface area contributed by atoms with Crippen LogP contribution in [0.2, 0.25) is 4.34 Å². The quantitative estimate of drug-likeness (QED) is 0.664. The summed E-state index contributed by atoms with van der Waals surface area (Å²) in [5.41, 5.74) is 2.41. The molecule has 0 aliphatic carbocycles. The monoisotopic (exact) mass is 379 g/mol. The summed E-state index contributed by atoms with van der Waals surface area (Å²) in [6, 6.07) is 12.3. The maximum absolute atomic E-state index is 12.2. The number of carbonyl (C=O) groups excluding carboxylic acids is 1. The van der Waals surface area contributed by atoms with Crippen molar-refractivity contribution in [1.82, 2.24) is 5.32 Å². The predicted molar refractivity (Wildman–Crippen MR) is 102 cm³/mol. The van der Waals surface area contributed by atoms with Gasteiger partial charge in [-0.25, -0.2) is 0 Å². The summed E-state index contributed by atoms with van der Waals surface area (Å²) in [6.07, 6.45) is 0. The molecule has 6 heteroatoms. The van der Waals surface area contributed by atoms with Gasteiger partial charge in [0.25, 0.3) is 5.91 Å². The first-order chi connectivity index (χ1) is 12.1. The molecule has 0 saturated carbocycles. The molecule has 134 valence electrons.